The molecule has 0 aliphatic heterocycles. The molecule has 0 aliphatic carbocycles. The first-order valence-electron chi connectivity index (χ1n) is 7.71. The highest BCUT2D eigenvalue weighted by molar-refractivity contribution is 6.02. The SMILES string of the molecule is CC(=O)CCC(=O)C(NC(=O)c1ccccc1N)c1ccccc1. The number of carbonyl (C=O) groups excluding carboxylic acids is 3. The number of nitrogens with one attached hydrogen (secondary N) is 1. The van der Waals surface area contributed by atoms with Gasteiger partial charge in [-0.1, -0.05) is 42.5 Å². The van der Waals surface area contributed by atoms with Gasteiger partial charge in [-0.25, -0.2) is 0 Å². The van der Waals surface area contributed by atoms with Gasteiger partial charge in [0, 0.05) is 18.5 Å². The van der Waals surface area contributed by atoms with Crippen LogP contribution < -0.4 is 11.1 Å². The summed E-state index contributed by atoms with van der Waals surface area (Å²) in [5.74, 6) is -0.689. The molecule has 0 heterocycles. The number of amides is 1. The highest BCUT2D eigenvalue weighted by atomic mass is 16.2. The number of anilines is 1. The third-order valence-corrected chi connectivity index (χ3v) is 3.66. The number of carbonyl (C=O) groups is 3. The van der Waals surface area contributed by atoms with E-state index in [1.54, 1.807) is 48.5 Å². The van der Waals surface area contributed by atoms with Gasteiger partial charge in [-0.05, 0) is 24.6 Å². The van der Waals surface area contributed by atoms with Crippen molar-refractivity contribution in [2.45, 2.75) is 25.8 Å². The van der Waals surface area contributed by atoms with Gasteiger partial charge in [0.05, 0.1) is 5.56 Å². The number of benzene rings is 2. The van der Waals surface area contributed by atoms with Crippen LogP contribution >= 0.6 is 0 Å². The van der Waals surface area contributed by atoms with E-state index in [-0.39, 0.29) is 24.4 Å². The van der Waals surface area contributed by atoms with Crippen LogP contribution in [0.2, 0.25) is 0 Å². The summed E-state index contributed by atoms with van der Waals surface area (Å²) in [5.41, 5.74) is 7.16. The van der Waals surface area contributed by atoms with Gasteiger partial charge in [0.25, 0.3) is 5.91 Å². The monoisotopic (exact) mass is 324 g/mol. The fourth-order valence-electron chi connectivity index (χ4n) is 2.35. The maximum Gasteiger partial charge on any atom is 0.254 e. The molecule has 0 spiro atoms. The van der Waals surface area contributed by atoms with Crippen LogP contribution in [-0.4, -0.2) is 17.5 Å². The summed E-state index contributed by atoms with van der Waals surface area (Å²) >= 11 is 0. The molecule has 3 N–H and O–H groups in total. The molecule has 1 unspecified atom stereocenters. The summed E-state index contributed by atoms with van der Waals surface area (Å²) in [6, 6.07) is 14.8. The Morgan fingerprint density at radius 1 is 0.958 bits per heavy atom. The van der Waals surface area contributed by atoms with Crippen LogP contribution in [0.3, 0.4) is 0 Å². The van der Waals surface area contributed by atoms with Crippen LogP contribution in [-0.2, 0) is 9.59 Å². The molecule has 2 aromatic carbocycles. The number of hydrogen-bond acceptors (Lipinski definition) is 4. The summed E-state index contributed by atoms with van der Waals surface area (Å²) in [4.78, 5) is 36.1. The molecular weight excluding hydrogens is 304 g/mol. The van der Waals surface area contributed by atoms with E-state index < -0.39 is 11.9 Å². The van der Waals surface area contributed by atoms with E-state index in [0.717, 1.165) is 0 Å². The van der Waals surface area contributed by atoms with Crippen molar-refractivity contribution in [1.29, 1.82) is 0 Å². The Bertz CT molecular complexity index is 741. The minimum atomic E-state index is -0.808. The van der Waals surface area contributed by atoms with Crippen molar-refractivity contribution in [2.75, 3.05) is 5.73 Å². The molecule has 0 bridgehead atoms. The topological polar surface area (TPSA) is 89.3 Å². The number of para-hydroxylation sites is 1. The number of Topliss-reactive ketones (excluding diaryl/α,β-unsaturated/α-hetero) is 2. The second-order valence-corrected chi connectivity index (χ2v) is 5.57. The summed E-state index contributed by atoms with van der Waals surface area (Å²) in [5, 5.41) is 2.73. The Hall–Kier alpha value is -2.95. The van der Waals surface area contributed by atoms with Crippen LogP contribution in [0.25, 0.3) is 0 Å². The molecule has 2 aromatic rings. The Morgan fingerprint density at radius 2 is 1.58 bits per heavy atom. The summed E-state index contributed by atoms with van der Waals surface area (Å²) in [6.45, 7) is 1.44. The fourth-order valence-corrected chi connectivity index (χ4v) is 2.35. The summed E-state index contributed by atoms with van der Waals surface area (Å²) < 4.78 is 0. The maximum atomic E-state index is 12.5. The first-order valence-corrected chi connectivity index (χ1v) is 7.71. The highest BCUT2D eigenvalue weighted by Gasteiger charge is 2.23. The van der Waals surface area contributed by atoms with E-state index in [1.807, 2.05) is 6.07 Å². The van der Waals surface area contributed by atoms with Crippen LogP contribution in [0, 0.1) is 0 Å². The van der Waals surface area contributed by atoms with E-state index in [1.165, 1.54) is 6.92 Å². The zero-order valence-electron chi connectivity index (χ0n) is 13.5. The molecule has 5 nitrogen and oxygen atoms in total. The Balaban J connectivity index is 2.23. The lowest BCUT2D eigenvalue weighted by Gasteiger charge is -2.18. The van der Waals surface area contributed by atoms with Crippen LogP contribution in [0.5, 0.6) is 0 Å². The zero-order chi connectivity index (χ0) is 17.5. The second-order valence-electron chi connectivity index (χ2n) is 5.57. The molecule has 5 heteroatoms. The molecular formula is C19H20N2O3. The normalized spacial score (nSPS) is 11.5. The molecule has 1 atom stereocenters. The predicted octanol–water partition coefficient (Wildman–Crippen LogP) is 2.68. The van der Waals surface area contributed by atoms with Crippen molar-refractivity contribution < 1.29 is 14.4 Å². The van der Waals surface area contributed by atoms with Gasteiger partial charge in [-0.3, -0.25) is 9.59 Å². The first kappa shape index (κ1) is 17.4. The molecule has 24 heavy (non-hydrogen) atoms. The van der Waals surface area contributed by atoms with Crippen LogP contribution in [0.4, 0.5) is 5.69 Å². The van der Waals surface area contributed by atoms with Crippen LogP contribution in [0.1, 0.15) is 41.7 Å². The van der Waals surface area contributed by atoms with Gasteiger partial charge in [0.1, 0.15) is 11.8 Å². The smallest absolute Gasteiger partial charge is 0.254 e. The lowest BCUT2D eigenvalue weighted by atomic mass is 9.98. The van der Waals surface area contributed by atoms with E-state index in [2.05, 4.69) is 5.32 Å². The summed E-state index contributed by atoms with van der Waals surface area (Å²) in [7, 11) is 0. The van der Waals surface area contributed by atoms with E-state index in [9.17, 15) is 14.4 Å². The van der Waals surface area contributed by atoms with Crippen molar-refractivity contribution in [3.05, 3.63) is 65.7 Å². The molecule has 0 fully saturated rings. The number of nitrogens with two attached hydrogens (primary N) is 1. The highest BCUT2D eigenvalue weighted by Crippen LogP contribution is 2.19. The van der Waals surface area contributed by atoms with Crippen molar-refractivity contribution in [2.24, 2.45) is 0 Å². The van der Waals surface area contributed by atoms with Crippen molar-refractivity contribution in [3.8, 4) is 0 Å². The molecule has 124 valence electrons. The molecule has 0 aromatic heterocycles. The molecule has 2 rings (SSSR count). The maximum absolute atomic E-state index is 12.5. The van der Waals surface area contributed by atoms with Gasteiger partial charge in [0.15, 0.2) is 5.78 Å². The standard InChI is InChI=1S/C19H20N2O3/c1-13(22)11-12-17(23)18(14-7-3-2-4-8-14)21-19(24)15-9-5-6-10-16(15)20/h2-10,18H,11-12,20H2,1H3,(H,21,24). The molecule has 0 aliphatic rings. The zero-order valence-corrected chi connectivity index (χ0v) is 13.5. The molecule has 0 saturated heterocycles. The van der Waals surface area contributed by atoms with E-state index in [4.69, 9.17) is 5.73 Å². The molecule has 1 amide bonds. The van der Waals surface area contributed by atoms with Gasteiger partial charge in [-0.15, -0.1) is 0 Å². The van der Waals surface area contributed by atoms with E-state index in [0.29, 0.717) is 16.8 Å². The van der Waals surface area contributed by atoms with Crippen molar-refractivity contribution in [3.63, 3.8) is 0 Å². The number of nitrogen functional groups attached to an aromatic ring is 1. The average molecular weight is 324 g/mol. The number of rotatable bonds is 7. The fraction of sp³-hybridized carbons (Fsp3) is 0.211. The van der Waals surface area contributed by atoms with E-state index >= 15 is 0 Å². The summed E-state index contributed by atoms with van der Waals surface area (Å²) in [6.07, 6.45) is 0.241. The van der Waals surface area contributed by atoms with Crippen molar-refractivity contribution in [1.82, 2.24) is 5.32 Å². The number of hydrogen-bond donors (Lipinski definition) is 2. The number of ketones is 2. The Kier molecular flexibility index (Phi) is 5.84. The van der Waals surface area contributed by atoms with Gasteiger partial charge in [0.2, 0.25) is 0 Å². The average Bonchev–Trinajstić information content (AvgIpc) is 2.58. The van der Waals surface area contributed by atoms with Gasteiger partial charge in [-0.2, -0.15) is 0 Å². The largest absolute Gasteiger partial charge is 0.398 e. The van der Waals surface area contributed by atoms with Crippen LogP contribution in [0.15, 0.2) is 54.6 Å². The Morgan fingerprint density at radius 3 is 2.21 bits per heavy atom. The lowest BCUT2D eigenvalue weighted by Crippen LogP contribution is -2.34. The van der Waals surface area contributed by atoms with Gasteiger partial charge >= 0.3 is 0 Å². The third-order valence-electron chi connectivity index (χ3n) is 3.66. The minimum Gasteiger partial charge on any atom is -0.398 e. The quantitative estimate of drug-likeness (QED) is 0.766. The first-order chi connectivity index (χ1) is 11.5. The third kappa shape index (κ3) is 4.52. The minimum absolute atomic E-state index is 0.0613. The molecule has 0 radical (unpaired) electrons. The van der Waals surface area contributed by atoms with Crippen molar-refractivity contribution >= 4 is 23.2 Å². The second kappa shape index (κ2) is 8.06. The predicted molar refractivity (Wildman–Crippen MR) is 92.4 cm³/mol. The Labute approximate surface area is 140 Å². The molecule has 0 saturated carbocycles. The van der Waals surface area contributed by atoms with Gasteiger partial charge < -0.3 is 15.8 Å². The lowest BCUT2D eigenvalue weighted by molar-refractivity contribution is -0.124.